The zero-order valence-electron chi connectivity index (χ0n) is 10.4. The summed E-state index contributed by atoms with van der Waals surface area (Å²) in [4.78, 5) is 10.8. The molecule has 0 saturated carbocycles. The third-order valence-electron chi connectivity index (χ3n) is 2.65. The first kappa shape index (κ1) is 13.3. The van der Waals surface area contributed by atoms with Crippen molar-refractivity contribution in [2.45, 2.75) is 26.7 Å². The van der Waals surface area contributed by atoms with Crippen LogP contribution in [-0.4, -0.2) is 17.6 Å². The molecule has 0 aliphatic rings. The highest BCUT2D eigenvalue weighted by atomic mass is 16.4. The Bertz CT molecular complexity index is 410. The summed E-state index contributed by atoms with van der Waals surface area (Å²) >= 11 is 0. The van der Waals surface area contributed by atoms with Gasteiger partial charge in [0.25, 0.3) is 0 Å². The third kappa shape index (κ3) is 4.31. The maximum Gasteiger partial charge on any atom is 0.331 e. The van der Waals surface area contributed by atoms with E-state index in [0.29, 0.717) is 18.5 Å². The summed E-state index contributed by atoms with van der Waals surface area (Å²) in [7, 11) is 0. The van der Waals surface area contributed by atoms with Crippen molar-refractivity contribution in [3.63, 3.8) is 0 Å². The van der Waals surface area contributed by atoms with Crippen molar-refractivity contribution in [2.24, 2.45) is 0 Å². The molecule has 0 atom stereocenters. The highest BCUT2D eigenvalue weighted by molar-refractivity contribution is 5.86. The average molecular weight is 233 g/mol. The van der Waals surface area contributed by atoms with Gasteiger partial charge in [-0.25, -0.2) is 4.79 Å². The number of aliphatic carboxylic acids is 1. The number of carboxylic acids is 1. The SMILES string of the molecule is CC/C(=C/CNc1cccc(CC)c1)C(=O)O. The van der Waals surface area contributed by atoms with E-state index in [2.05, 4.69) is 24.4 Å². The van der Waals surface area contributed by atoms with Gasteiger partial charge in [-0.3, -0.25) is 0 Å². The van der Waals surface area contributed by atoms with Gasteiger partial charge in [0.05, 0.1) is 0 Å². The van der Waals surface area contributed by atoms with Gasteiger partial charge >= 0.3 is 5.97 Å². The Labute approximate surface area is 102 Å². The molecule has 0 aliphatic heterocycles. The first-order chi connectivity index (χ1) is 8.17. The average Bonchev–Trinajstić information content (AvgIpc) is 2.34. The first-order valence-electron chi connectivity index (χ1n) is 5.92. The van der Waals surface area contributed by atoms with Crippen LogP contribution in [-0.2, 0) is 11.2 Å². The number of aryl methyl sites for hydroxylation is 1. The maximum absolute atomic E-state index is 10.8. The highest BCUT2D eigenvalue weighted by Crippen LogP contribution is 2.11. The maximum atomic E-state index is 10.8. The van der Waals surface area contributed by atoms with Gasteiger partial charge < -0.3 is 10.4 Å². The zero-order valence-corrected chi connectivity index (χ0v) is 10.4. The molecule has 0 spiro atoms. The number of rotatable bonds is 6. The summed E-state index contributed by atoms with van der Waals surface area (Å²) in [5.74, 6) is -0.836. The lowest BCUT2D eigenvalue weighted by molar-refractivity contribution is -0.132. The quantitative estimate of drug-likeness (QED) is 0.742. The van der Waals surface area contributed by atoms with Crippen LogP contribution in [0, 0.1) is 0 Å². The van der Waals surface area contributed by atoms with E-state index in [1.54, 1.807) is 6.08 Å². The molecule has 0 fully saturated rings. The standard InChI is InChI=1S/C14H19NO2/c1-3-11-6-5-7-13(10-11)15-9-8-12(4-2)14(16)17/h5-8,10,15H,3-4,9H2,1-2H3,(H,16,17)/b12-8-. The van der Waals surface area contributed by atoms with Crippen LogP contribution >= 0.6 is 0 Å². The van der Waals surface area contributed by atoms with Gasteiger partial charge in [0.2, 0.25) is 0 Å². The van der Waals surface area contributed by atoms with Crippen LogP contribution in [0.1, 0.15) is 25.8 Å². The lowest BCUT2D eigenvalue weighted by Gasteiger charge is -2.06. The predicted octanol–water partition coefficient (Wildman–Crippen LogP) is 3.08. The minimum Gasteiger partial charge on any atom is -0.478 e. The monoisotopic (exact) mass is 233 g/mol. The summed E-state index contributed by atoms with van der Waals surface area (Å²) in [6, 6.07) is 8.15. The van der Waals surface area contributed by atoms with Gasteiger partial charge in [-0.1, -0.05) is 32.1 Å². The molecule has 0 aliphatic carbocycles. The molecular formula is C14H19NO2. The van der Waals surface area contributed by atoms with Gasteiger partial charge in [-0.2, -0.15) is 0 Å². The molecule has 1 aromatic rings. The normalized spacial score (nSPS) is 11.3. The van der Waals surface area contributed by atoms with Crippen LogP contribution in [0.4, 0.5) is 5.69 Å². The number of benzene rings is 1. The molecule has 0 amide bonds. The summed E-state index contributed by atoms with van der Waals surface area (Å²) in [5, 5.41) is 12.1. The van der Waals surface area contributed by atoms with E-state index in [4.69, 9.17) is 5.11 Å². The van der Waals surface area contributed by atoms with Crippen molar-refractivity contribution in [3.05, 3.63) is 41.5 Å². The molecule has 1 rings (SSSR count). The number of hydrogen-bond acceptors (Lipinski definition) is 2. The van der Waals surface area contributed by atoms with Gasteiger partial charge in [-0.05, 0) is 30.5 Å². The van der Waals surface area contributed by atoms with Gasteiger partial charge in [0, 0.05) is 17.8 Å². The molecule has 0 radical (unpaired) electrons. The van der Waals surface area contributed by atoms with E-state index >= 15 is 0 Å². The van der Waals surface area contributed by atoms with E-state index in [1.807, 2.05) is 19.1 Å². The molecular weight excluding hydrogens is 214 g/mol. The van der Waals surface area contributed by atoms with E-state index in [-0.39, 0.29) is 0 Å². The number of carboxylic acid groups (broad SMARTS) is 1. The van der Waals surface area contributed by atoms with Crippen molar-refractivity contribution in [2.75, 3.05) is 11.9 Å². The fraction of sp³-hybridized carbons (Fsp3) is 0.357. The van der Waals surface area contributed by atoms with Crippen LogP contribution < -0.4 is 5.32 Å². The number of hydrogen-bond donors (Lipinski definition) is 2. The first-order valence-corrected chi connectivity index (χ1v) is 5.92. The number of anilines is 1. The Hall–Kier alpha value is -1.77. The van der Waals surface area contributed by atoms with Gasteiger partial charge in [0.15, 0.2) is 0 Å². The number of nitrogens with one attached hydrogen (secondary N) is 1. The Morgan fingerprint density at radius 1 is 1.41 bits per heavy atom. The molecule has 17 heavy (non-hydrogen) atoms. The lowest BCUT2D eigenvalue weighted by Crippen LogP contribution is -2.04. The van der Waals surface area contributed by atoms with Crippen molar-refractivity contribution >= 4 is 11.7 Å². The van der Waals surface area contributed by atoms with Crippen LogP contribution in [0.2, 0.25) is 0 Å². The molecule has 2 N–H and O–H groups in total. The third-order valence-corrected chi connectivity index (χ3v) is 2.65. The van der Waals surface area contributed by atoms with Crippen LogP contribution in [0.3, 0.4) is 0 Å². The molecule has 92 valence electrons. The Balaban J connectivity index is 2.58. The van der Waals surface area contributed by atoms with Crippen molar-refractivity contribution in [1.82, 2.24) is 0 Å². The Morgan fingerprint density at radius 3 is 2.76 bits per heavy atom. The second-order valence-corrected chi connectivity index (χ2v) is 3.82. The summed E-state index contributed by atoms with van der Waals surface area (Å²) in [6.45, 7) is 4.50. The molecule has 0 bridgehead atoms. The lowest BCUT2D eigenvalue weighted by atomic mass is 10.1. The molecule has 0 aromatic heterocycles. The fourth-order valence-electron chi connectivity index (χ4n) is 1.58. The highest BCUT2D eigenvalue weighted by Gasteiger charge is 2.02. The molecule has 0 saturated heterocycles. The van der Waals surface area contributed by atoms with Crippen LogP contribution in [0.25, 0.3) is 0 Å². The van der Waals surface area contributed by atoms with Crippen molar-refractivity contribution in [1.29, 1.82) is 0 Å². The molecule has 3 nitrogen and oxygen atoms in total. The van der Waals surface area contributed by atoms with Gasteiger partial charge in [-0.15, -0.1) is 0 Å². The molecule has 1 aromatic carbocycles. The Kier molecular flexibility index (Phi) is 5.27. The summed E-state index contributed by atoms with van der Waals surface area (Å²) < 4.78 is 0. The summed E-state index contributed by atoms with van der Waals surface area (Å²) in [5.41, 5.74) is 2.75. The van der Waals surface area contributed by atoms with E-state index in [9.17, 15) is 4.79 Å². The van der Waals surface area contributed by atoms with E-state index < -0.39 is 5.97 Å². The minimum absolute atomic E-state index is 0.448. The van der Waals surface area contributed by atoms with Crippen LogP contribution in [0.15, 0.2) is 35.9 Å². The summed E-state index contributed by atoms with van der Waals surface area (Å²) in [6.07, 6.45) is 3.27. The molecule has 0 unspecified atom stereocenters. The molecule has 3 heteroatoms. The smallest absolute Gasteiger partial charge is 0.331 e. The second-order valence-electron chi connectivity index (χ2n) is 3.82. The second kappa shape index (κ2) is 6.74. The number of carbonyl (C=O) groups is 1. The molecule has 0 heterocycles. The van der Waals surface area contributed by atoms with Crippen molar-refractivity contribution < 1.29 is 9.90 Å². The predicted molar refractivity (Wildman–Crippen MR) is 70.3 cm³/mol. The zero-order chi connectivity index (χ0) is 12.7. The van der Waals surface area contributed by atoms with Crippen LogP contribution in [0.5, 0.6) is 0 Å². The minimum atomic E-state index is -0.836. The fourth-order valence-corrected chi connectivity index (χ4v) is 1.58. The van der Waals surface area contributed by atoms with Gasteiger partial charge in [0.1, 0.15) is 0 Å². The van der Waals surface area contributed by atoms with Crippen molar-refractivity contribution in [3.8, 4) is 0 Å². The van der Waals surface area contributed by atoms with E-state index in [1.165, 1.54) is 5.56 Å². The largest absolute Gasteiger partial charge is 0.478 e. The van der Waals surface area contributed by atoms with E-state index in [0.717, 1.165) is 12.1 Å². The topological polar surface area (TPSA) is 49.3 Å². The Morgan fingerprint density at radius 2 is 2.18 bits per heavy atom.